The van der Waals surface area contributed by atoms with Crippen LogP contribution in [0.15, 0.2) is 47.4 Å². The summed E-state index contributed by atoms with van der Waals surface area (Å²) in [6, 6.07) is 9.45. The number of nitrogens with zero attached hydrogens (tertiary/aromatic N) is 2. The predicted octanol–water partition coefficient (Wildman–Crippen LogP) is 1.88. The topological polar surface area (TPSA) is 128 Å². The smallest absolute Gasteiger partial charge is 0.296 e. The van der Waals surface area contributed by atoms with Gasteiger partial charge in [-0.2, -0.15) is 4.31 Å². The Morgan fingerprint density at radius 2 is 1.83 bits per heavy atom. The number of amides is 1. The van der Waals surface area contributed by atoms with E-state index in [4.69, 9.17) is 9.47 Å². The Morgan fingerprint density at radius 1 is 1.17 bits per heavy atom. The van der Waals surface area contributed by atoms with Gasteiger partial charge in [0, 0.05) is 18.7 Å². The third-order valence-corrected chi connectivity index (χ3v) is 6.29. The van der Waals surface area contributed by atoms with Crippen LogP contribution < -0.4 is 10.1 Å². The zero-order chi connectivity index (χ0) is 21.0. The van der Waals surface area contributed by atoms with Gasteiger partial charge in [0.25, 0.3) is 11.6 Å². The van der Waals surface area contributed by atoms with Gasteiger partial charge in [-0.05, 0) is 36.4 Å². The van der Waals surface area contributed by atoms with Crippen molar-refractivity contribution in [3.63, 3.8) is 0 Å². The summed E-state index contributed by atoms with van der Waals surface area (Å²) in [5.74, 6) is -0.319. The summed E-state index contributed by atoms with van der Waals surface area (Å²) in [6.45, 7) is 1.21. The maximum Gasteiger partial charge on any atom is 0.296 e. The van der Waals surface area contributed by atoms with Crippen LogP contribution in [-0.4, -0.2) is 57.0 Å². The van der Waals surface area contributed by atoms with E-state index in [1.165, 1.54) is 53.9 Å². The number of hydrogen-bond acceptors (Lipinski definition) is 7. The van der Waals surface area contributed by atoms with E-state index in [2.05, 4.69) is 5.32 Å². The number of carbonyl (C=O) groups is 1. The number of ether oxygens (including phenoxy) is 2. The Labute approximate surface area is 167 Å². The zero-order valence-corrected chi connectivity index (χ0v) is 16.3. The number of rotatable bonds is 6. The molecule has 10 nitrogen and oxygen atoms in total. The van der Waals surface area contributed by atoms with E-state index in [0.29, 0.717) is 13.2 Å². The Morgan fingerprint density at radius 3 is 2.41 bits per heavy atom. The number of morpholine rings is 1. The van der Waals surface area contributed by atoms with Gasteiger partial charge in [-0.3, -0.25) is 14.9 Å². The lowest BCUT2D eigenvalue weighted by atomic mass is 10.2. The monoisotopic (exact) mass is 421 g/mol. The molecule has 0 aromatic heterocycles. The third kappa shape index (κ3) is 4.53. The lowest BCUT2D eigenvalue weighted by Gasteiger charge is -2.26. The van der Waals surface area contributed by atoms with Crippen LogP contribution in [0.5, 0.6) is 5.75 Å². The van der Waals surface area contributed by atoms with E-state index in [0.717, 1.165) is 0 Å². The minimum atomic E-state index is -3.67. The van der Waals surface area contributed by atoms with E-state index >= 15 is 0 Å². The van der Waals surface area contributed by atoms with Crippen LogP contribution in [0.25, 0.3) is 0 Å². The van der Waals surface area contributed by atoms with Crippen molar-refractivity contribution < 1.29 is 27.6 Å². The zero-order valence-electron chi connectivity index (χ0n) is 15.5. The molecule has 3 rings (SSSR count). The van der Waals surface area contributed by atoms with Crippen LogP contribution in [0.3, 0.4) is 0 Å². The van der Waals surface area contributed by atoms with Gasteiger partial charge in [0.15, 0.2) is 0 Å². The first-order chi connectivity index (χ1) is 13.8. The summed E-state index contributed by atoms with van der Waals surface area (Å²) in [7, 11) is -2.29. The second kappa shape index (κ2) is 8.55. The van der Waals surface area contributed by atoms with Gasteiger partial charge in [0.2, 0.25) is 10.0 Å². The first-order valence-corrected chi connectivity index (χ1v) is 10.1. The standard InChI is InChI=1S/C18H19N3O7S/c1-27-14-4-7-16(17(12-14)21(23)24)19-18(22)13-2-5-15(6-3-13)29(25,26)20-8-10-28-11-9-20/h2-7,12H,8-11H2,1H3,(H,19,22). The highest BCUT2D eigenvalue weighted by Gasteiger charge is 2.26. The van der Waals surface area contributed by atoms with E-state index in [-0.39, 0.29) is 40.7 Å². The van der Waals surface area contributed by atoms with E-state index in [9.17, 15) is 23.3 Å². The number of nitrogens with one attached hydrogen (secondary N) is 1. The average molecular weight is 421 g/mol. The molecule has 2 aromatic carbocycles. The number of sulfonamides is 1. The van der Waals surface area contributed by atoms with Gasteiger partial charge in [-0.25, -0.2) is 8.42 Å². The fourth-order valence-corrected chi connectivity index (χ4v) is 4.21. The Hall–Kier alpha value is -3.02. The Kier molecular flexibility index (Phi) is 6.11. The Bertz CT molecular complexity index is 1020. The highest BCUT2D eigenvalue weighted by Crippen LogP contribution is 2.29. The largest absolute Gasteiger partial charge is 0.496 e. The number of anilines is 1. The van der Waals surface area contributed by atoms with Crippen molar-refractivity contribution in [1.82, 2.24) is 4.31 Å². The molecule has 0 aliphatic carbocycles. The molecule has 0 radical (unpaired) electrons. The van der Waals surface area contributed by atoms with E-state index in [1.807, 2.05) is 0 Å². The average Bonchev–Trinajstić information content (AvgIpc) is 2.74. The molecule has 154 valence electrons. The van der Waals surface area contributed by atoms with E-state index < -0.39 is 20.9 Å². The van der Waals surface area contributed by atoms with Crippen molar-refractivity contribution in [2.24, 2.45) is 0 Å². The molecule has 0 bridgehead atoms. The summed E-state index contributed by atoms with van der Waals surface area (Å²) in [5, 5.41) is 13.7. The summed E-state index contributed by atoms with van der Waals surface area (Å²) in [4.78, 5) is 23.1. The van der Waals surface area contributed by atoms with Crippen molar-refractivity contribution in [3.05, 3.63) is 58.1 Å². The SMILES string of the molecule is COc1ccc(NC(=O)c2ccc(S(=O)(=O)N3CCOCC3)cc2)c([N+](=O)[O-])c1. The lowest BCUT2D eigenvalue weighted by molar-refractivity contribution is -0.384. The van der Waals surface area contributed by atoms with Crippen LogP contribution in [0, 0.1) is 10.1 Å². The lowest BCUT2D eigenvalue weighted by Crippen LogP contribution is -2.40. The molecule has 0 atom stereocenters. The first kappa shape index (κ1) is 20.7. The minimum Gasteiger partial charge on any atom is -0.496 e. The van der Waals surface area contributed by atoms with Crippen molar-refractivity contribution in [2.75, 3.05) is 38.7 Å². The predicted molar refractivity (Wildman–Crippen MR) is 104 cm³/mol. The summed E-state index contributed by atoms with van der Waals surface area (Å²) in [5.41, 5.74) is -0.147. The molecule has 2 aromatic rings. The number of hydrogen-bond donors (Lipinski definition) is 1. The molecule has 0 saturated carbocycles. The summed E-state index contributed by atoms with van der Waals surface area (Å²) >= 11 is 0. The molecular weight excluding hydrogens is 402 g/mol. The second-order valence-electron chi connectivity index (χ2n) is 6.14. The second-order valence-corrected chi connectivity index (χ2v) is 8.07. The van der Waals surface area contributed by atoms with Gasteiger partial charge >= 0.3 is 0 Å². The highest BCUT2D eigenvalue weighted by atomic mass is 32.2. The molecule has 1 heterocycles. The van der Waals surface area contributed by atoms with Crippen LogP contribution >= 0.6 is 0 Å². The molecular formula is C18H19N3O7S. The Balaban J connectivity index is 1.78. The molecule has 0 spiro atoms. The molecule has 1 amide bonds. The van der Waals surface area contributed by atoms with Crippen LogP contribution in [-0.2, 0) is 14.8 Å². The molecule has 11 heteroatoms. The molecule has 1 aliphatic rings. The number of nitro benzene ring substituents is 1. The maximum atomic E-state index is 12.6. The van der Waals surface area contributed by atoms with Crippen molar-refractivity contribution in [2.45, 2.75) is 4.90 Å². The number of carbonyl (C=O) groups excluding carboxylic acids is 1. The van der Waals surface area contributed by atoms with Gasteiger partial charge < -0.3 is 14.8 Å². The van der Waals surface area contributed by atoms with Gasteiger partial charge in [-0.15, -0.1) is 0 Å². The fraction of sp³-hybridized carbons (Fsp3) is 0.278. The van der Waals surface area contributed by atoms with E-state index in [1.54, 1.807) is 0 Å². The van der Waals surface area contributed by atoms with Crippen LogP contribution in [0.2, 0.25) is 0 Å². The van der Waals surface area contributed by atoms with Gasteiger partial charge in [-0.1, -0.05) is 0 Å². The molecule has 1 N–H and O–H groups in total. The highest BCUT2D eigenvalue weighted by molar-refractivity contribution is 7.89. The quantitative estimate of drug-likeness (QED) is 0.557. The normalized spacial score (nSPS) is 14.9. The fourth-order valence-electron chi connectivity index (χ4n) is 2.80. The molecule has 29 heavy (non-hydrogen) atoms. The van der Waals surface area contributed by atoms with Crippen molar-refractivity contribution in [3.8, 4) is 5.75 Å². The maximum absolute atomic E-state index is 12.6. The van der Waals surface area contributed by atoms with Crippen molar-refractivity contribution >= 4 is 27.3 Å². The summed E-state index contributed by atoms with van der Waals surface area (Å²) in [6.07, 6.45) is 0. The number of nitro groups is 1. The molecule has 1 saturated heterocycles. The van der Waals surface area contributed by atoms with Crippen molar-refractivity contribution in [1.29, 1.82) is 0 Å². The molecule has 1 fully saturated rings. The molecule has 1 aliphatic heterocycles. The molecule has 0 unspecified atom stereocenters. The van der Waals surface area contributed by atoms with Gasteiger partial charge in [0.1, 0.15) is 11.4 Å². The summed E-state index contributed by atoms with van der Waals surface area (Å²) < 4.78 is 36.7. The number of methoxy groups -OCH3 is 1. The minimum absolute atomic E-state index is 0.00538. The number of benzene rings is 2. The first-order valence-electron chi connectivity index (χ1n) is 8.64. The van der Waals surface area contributed by atoms with Gasteiger partial charge in [0.05, 0.1) is 36.2 Å². The van der Waals surface area contributed by atoms with Crippen LogP contribution in [0.1, 0.15) is 10.4 Å². The van der Waals surface area contributed by atoms with Crippen LogP contribution in [0.4, 0.5) is 11.4 Å². The third-order valence-electron chi connectivity index (χ3n) is 4.37.